The Bertz CT molecular complexity index is 527. The summed E-state index contributed by atoms with van der Waals surface area (Å²) in [7, 11) is 0. The van der Waals surface area contributed by atoms with Crippen molar-refractivity contribution in [3.05, 3.63) is 11.9 Å². The molecular formula is C14H22N4OS. The van der Waals surface area contributed by atoms with Crippen LogP contribution >= 0.6 is 11.3 Å². The summed E-state index contributed by atoms with van der Waals surface area (Å²) in [5.74, 6) is 0.661. The molecular weight excluding hydrogens is 272 g/mol. The first kappa shape index (κ1) is 13.8. The van der Waals surface area contributed by atoms with Crippen LogP contribution in [0.5, 0.6) is 0 Å². The number of aryl methyl sites for hydroxylation is 1. The molecule has 0 spiro atoms. The zero-order valence-electron chi connectivity index (χ0n) is 11.9. The van der Waals surface area contributed by atoms with E-state index in [4.69, 9.17) is 0 Å². The van der Waals surface area contributed by atoms with Crippen LogP contribution in [0, 0.1) is 12.8 Å². The highest BCUT2D eigenvalue weighted by molar-refractivity contribution is 7.20. The van der Waals surface area contributed by atoms with Crippen molar-refractivity contribution in [1.29, 1.82) is 0 Å². The SMILES string of the molecule is Cc1cn2nc(NC(CCO)C3CCCCC3)sc2n1. The van der Waals surface area contributed by atoms with Gasteiger partial charge in [0, 0.05) is 12.6 Å². The first-order valence-corrected chi connectivity index (χ1v) is 8.28. The number of nitrogens with one attached hydrogen (secondary N) is 1. The molecule has 0 aliphatic heterocycles. The lowest BCUT2D eigenvalue weighted by molar-refractivity contribution is 0.239. The van der Waals surface area contributed by atoms with Crippen LogP contribution in [0.4, 0.5) is 5.13 Å². The molecule has 1 fully saturated rings. The van der Waals surface area contributed by atoms with Crippen molar-refractivity contribution in [1.82, 2.24) is 14.6 Å². The number of aliphatic hydroxyl groups is 1. The van der Waals surface area contributed by atoms with E-state index in [0.717, 1.165) is 22.2 Å². The molecule has 0 aromatic carbocycles. The molecule has 1 aliphatic rings. The first-order chi connectivity index (χ1) is 9.76. The van der Waals surface area contributed by atoms with Crippen LogP contribution in [0.3, 0.4) is 0 Å². The molecule has 2 aromatic heterocycles. The summed E-state index contributed by atoms with van der Waals surface area (Å²) >= 11 is 1.58. The topological polar surface area (TPSA) is 62.5 Å². The van der Waals surface area contributed by atoms with Gasteiger partial charge in [0.05, 0.1) is 11.9 Å². The van der Waals surface area contributed by atoms with Gasteiger partial charge in [-0.05, 0) is 32.1 Å². The number of hydrogen-bond donors (Lipinski definition) is 2. The fourth-order valence-corrected chi connectivity index (χ4v) is 4.02. The second kappa shape index (κ2) is 6.10. The Balaban J connectivity index is 1.72. The maximum atomic E-state index is 9.31. The maximum Gasteiger partial charge on any atom is 0.214 e. The van der Waals surface area contributed by atoms with Gasteiger partial charge in [0.1, 0.15) is 0 Å². The molecule has 0 bridgehead atoms. The van der Waals surface area contributed by atoms with E-state index in [0.29, 0.717) is 12.0 Å². The third-order valence-corrected chi connectivity index (χ3v) is 4.99. The molecule has 2 aromatic rings. The van der Waals surface area contributed by atoms with Crippen LogP contribution in [0.2, 0.25) is 0 Å². The van der Waals surface area contributed by atoms with Gasteiger partial charge < -0.3 is 10.4 Å². The van der Waals surface area contributed by atoms with E-state index in [2.05, 4.69) is 15.4 Å². The Kier molecular flexibility index (Phi) is 4.21. The van der Waals surface area contributed by atoms with Gasteiger partial charge in [-0.15, -0.1) is 5.10 Å². The van der Waals surface area contributed by atoms with Gasteiger partial charge in [-0.25, -0.2) is 9.50 Å². The molecule has 1 unspecified atom stereocenters. The molecule has 1 atom stereocenters. The summed E-state index contributed by atoms with van der Waals surface area (Å²) in [4.78, 5) is 5.36. The number of hydrogen-bond acceptors (Lipinski definition) is 5. The molecule has 2 heterocycles. The monoisotopic (exact) mass is 294 g/mol. The highest BCUT2D eigenvalue weighted by Gasteiger charge is 2.24. The lowest BCUT2D eigenvalue weighted by atomic mass is 9.83. The van der Waals surface area contributed by atoms with E-state index < -0.39 is 0 Å². The second-order valence-corrected chi connectivity index (χ2v) is 6.63. The standard InChI is InChI=1S/C14H22N4OS/c1-10-9-18-14(15-10)20-13(17-18)16-12(7-8-19)11-5-3-2-4-6-11/h9,11-12,19H,2-8H2,1H3,(H,16,17). The molecule has 1 saturated carbocycles. The average molecular weight is 294 g/mol. The normalized spacial score (nSPS) is 18.5. The van der Waals surface area contributed by atoms with Crippen LogP contribution in [0.1, 0.15) is 44.2 Å². The minimum absolute atomic E-state index is 0.232. The van der Waals surface area contributed by atoms with E-state index >= 15 is 0 Å². The van der Waals surface area contributed by atoms with Gasteiger partial charge in [0.25, 0.3) is 0 Å². The Morgan fingerprint density at radius 2 is 2.25 bits per heavy atom. The van der Waals surface area contributed by atoms with Crippen molar-refractivity contribution in [3.63, 3.8) is 0 Å². The minimum atomic E-state index is 0.232. The number of nitrogens with zero attached hydrogens (tertiary/aromatic N) is 3. The Labute approximate surface area is 123 Å². The molecule has 110 valence electrons. The summed E-state index contributed by atoms with van der Waals surface area (Å²) in [5, 5.41) is 18.3. The van der Waals surface area contributed by atoms with E-state index in [1.165, 1.54) is 32.1 Å². The molecule has 3 rings (SSSR count). The van der Waals surface area contributed by atoms with Crippen molar-refractivity contribution >= 4 is 21.4 Å². The van der Waals surface area contributed by atoms with Gasteiger partial charge in [-0.1, -0.05) is 30.6 Å². The highest BCUT2D eigenvalue weighted by atomic mass is 32.1. The lowest BCUT2D eigenvalue weighted by Gasteiger charge is -2.30. The predicted molar refractivity (Wildman–Crippen MR) is 81.3 cm³/mol. The average Bonchev–Trinajstić information content (AvgIpc) is 2.96. The fourth-order valence-electron chi connectivity index (χ4n) is 3.13. The van der Waals surface area contributed by atoms with E-state index in [1.54, 1.807) is 11.3 Å². The number of aliphatic hydroxyl groups excluding tert-OH is 1. The van der Waals surface area contributed by atoms with Crippen LogP contribution in [0.15, 0.2) is 6.20 Å². The van der Waals surface area contributed by atoms with E-state index in [1.807, 2.05) is 17.6 Å². The minimum Gasteiger partial charge on any atom is -0.396 e. The largest absolute Gasteiger partial charge is 0.396 e. The fraction of sp³-hybridized carbons (Fsp3) is 0.714. The van der Waals surface area contributed by atoms with Crippen LogP contribution in [-0.2, 0) is 0 Å². The number of fused-ring (bicyclic) bond motifs is 1. The quantitative estimate of drug-likeness (QED) is 0.890. The van der Waals surface area contributed by atoms with E-state index in [9.17, 15) is 5.11 Å². The maximum absolute atomic E-state index is 9.31. The van der Waals surface area contributed by atoms with Gasteiger partial charge >= 0.3 is 0 Å². The Hall–Kier alpha value is -1.14. The van der Waals surface area contributed by atoms with Gasteiger partial charge in [-0.3, -0.25) is 0 Å². The van der Waals surface area contributed by atoms with Crippen molar-refractivity contribution in [2.24, 2.45) is 5.92 Å². The van der Waals surface area contributed by atoms with E-state index in [-0.39, 0.29) is 6.61 Å². The summed E-state index contributed by atoms with van der Waals surface area (Å²) in [6.07, 6.45) is 9.25. The van der Waals surface area contributed by atoms with Crippen molar-refractivity contribution < 1.29 is 5.11 Å². The number of aromatic nitrogens is 3. The Morgan fingerprint density at radius 1 is 1.45 bits per heavy atom. The summed E-state index contributed by atoms with van der Waals surface area (Å²) < 4.78 is 1.83. The van der Waals surface area contributed by atoms with Crippen LogP contribution in [0.25, 0.3) is 4.96 Å². The van der Waals surface area contributed by atoms with Gasteiger partial charge in [0.2, 0.25) is 10.1 Å². The zero-order valence-corrected chi connectivity index (χ0v) is 12.7. The molecule has 2 N–H and O–H groups in total. The highest BCUT2D eigenvalue weighted by Crippen LogP contribution is 2.30. The lowest BCUT2D eigenvalue weighted by Crippen LogP contribution is -2.31. The molecule has 20 heavy (non-hydrogen) atoms. The molecule has 1 aliphatic carbocycles. The van der Waals surface area contributed by atoms with Gasteiger partial charge in [-0.2, -0.15) is 0 Å². The molecule has 0 saturated heterocycles. The van der Waals surface area contributed by atoms with Crippen LogP contribution in [-0.4, -0.2) is 32.4 Å². The molecule has 6 heteroatoms. The van der Waals surface area contributed by atoms with Crippen molar-refractivity contribution in [2.45, 2.75) is 51.5 Å². The molecule has 0 amide bonds. The smallest absolute Gasteiger partial charge is 0.214 e. The third-order valence-electron chi connectivity index (χ3n) is 4.13. The Morgan fingerprint density at radius 3 is 2.95 bits per heavy atom. The van der Waals surface area contributed by atoms with Crippen molar-refractivity contribution in [3.8, 4) is 0 Å². The summed E-state index contributed by atoms with van der Waals surface area (Å²) in [6, 6.07) is 0.331. The summed E-state index contributed by atoms with van der Waals surface area (Å²) in [6.45, 7) is 2.21. The van der Waals surface area contributed by atoms with Crippen LogP contribution < -0.4 is 5.32 Å². The number of rotatable bonds is 5. The zero-order chi connectivity index (χ0) is 13.9. The molecule has 5 nitrogen and oxygen atoms in total. The van der Waals surface area contributed by atoms with Crippen molar-refractivity contribution in [2.75, 3.05) is 11.9 Å². The summed E-state index contributed by atoms with van der Waals surface area (Å²) in [5.41, 5.74) is 0.995. The number of imidazole rings is 1. The first-order valence-electron chi connectivity index (χ1n) is 7.46. The van der Waals surface area contributed by atoms with Gasteiger partial charge in [0.15, 0.2) is 0 Å². The molecule has 0 radical (unpaired) electrons. The number of anilines is 1. The third kappa shape index (κ3) is 2.96. The second-order valence-electron chi connectivity index (χ2n) is 5.68. The predicted octanol–water partition coefficient (Wildman–Crippen LogP) is 2.84.